The summed E-state index contributed by atoms with van der Waals surface area (Å²) in [5, 5.41) is 3.14. The van der Waals surface area contributed by atoms with Gasteiger partial charge in [-0.1, -0.05) is 39.2 Å². The van der Waals surface area contributed by atoms with Crippen LogP contribution in [0.15, 0.2) is 24.5 Å². The molecule has 1 saturated heterocycles. The first-order chi connectivity index (χ1) is 13.1. The number of aromatic nitrogens is 1. The summed E-state index contributed by atoms with van der Waals surface area (Å²) in [6.45, 7) is 4.81. The molecule has 1 aliphatic heterocycles. The van der Waals surface area contributed by atoms with Crippen LogP contribution in [0.1, 0.15) is 57.9 Å². The molecule has 1 aliphatic carbocycles. The summed E-state index contributed by atoms with van der Waals surface area (Å²) in [6.07, 6.45) is 9.85. The molecule has 2 unspecified atom stereocenters. The SMILES string of the molecule is CC(C)CC1SCC(C(=O)NCc2cccnc2)N1C(=O)C1CCCCC1. The molecule has 6 heteroatoms. The maximum absolute atomic E-state index is 13.3. The van der Waals surface area contributed by atoms with Gasteiger partial charge in [0.1, 0.15) is 6.04 Å². The van der Waals surface area contributed by atoms with Crippen molar-refractivity contribution >= 4 is 23.6 Å². The molecule has 2 atom stereocenters. The standard InChI is InChI=1S/C21H31N3O2S/c1-15(2)11-19-24(21(26)17-8-4-3-5-9-17)18(14-27-19)20(25)23-13-16-7-6-10-22-12-16/h6-7,10,12,15,17-19H,3-5,8-9,11,13-14H2,1-2H3,(H,23,25). The molecular formula is C21H31N3O2S. The van der Waals surface area contributed by atoms with E-state index in [1.807, 2.05) is 17.0 Å². The van der Waals surface area contributed by atoms with Crippen molar-refractivity contribution in [2.45, 2.75) is 70.3 Å². The molecule has 1 saturated carbocycles. The Labute approximate surface area is 166 Å². The van der Waals surface area contributed by atoms with Crippen LogP contribution in [0.5, 0.6) is 0 Å². The van der Waals surface area contributed by atoms with E-state index in [4.69, 9.17) is 0 Å². The predicted octanol–water partition coefficient (Wildman–Crippen LogP) is 3.59. The van der Waals surface area contributed by atoms with Crippen molar-refractivity contribution < 1.29 is 9.59 Å². The number of hydrogen-bond donors (Lipinski definition) is 1. The molecule has 5 nitrogen and oxygen atoms in total. The van der Waals surface area contributed by atoms with E-state index in [-0.39, 0.29) is 29.1 Å². The zero-order valence-corrected chi connectivity index (χ0v) is 17.2. The molecule has 2 amide bonds. The summed E-state index contributed by atoms with van der Waals surface area (Å²) in [4.78, 5) is 32.2. The van der Waals surface area contributed by atoms with Crippen molar-refractivity contribution in [3.05, 3.63) is 30.1 Å². The minimum atomic E-state index is -0.357. The van der Waals surface area contributed by atoms with Crippen LogP contribution in [0, 0.1) is 11.8 Å². The molecule has 1 N–H and O–H groups in total. The third-order valence-electron chi connectivity index (χ3n) is 5.47. The van der Waals surface area contributed by atoms with Gasteiger partial charge < -0.3 is 10.2 Å². The fraction of sp³-hybridized carbons (Fsp3) is 0.667. The quantitative estimate of drug-likeness (QED) is 0.808. The van der Waals surface area contributed by atoms with E-state index in [0.717, 1.165) is 37.7 Å². The van der Waals surface area contributed by atoms with Gasteiger partial charge in [0.25, 0.3) is 0 Å². The molecular weight excluding hydrogens is 358 g/mol. The van der Waals surface area contributed by atoms with Crippen molar-refractivity contribution in [1.29, 1.82) is 0 Å². The number of rotatable bonds is 6. The summed E-state index contributed by atoms with van der Waals surface area (Å²) in [6, 6.07) is 3.46. The van der Waals surface area contributed by atoms with E-state index in [1.54, 1.807) is 24.2 Å². The highest BCUT2D eigenvalue weighted by molar-refractivity contribution is 8.00. The monoisotopic (exact) mass is 389 g/mol. The zero-order chi connectivity index (χ0) is 19.2. The highest BCUT2D eigenvalue weighted by Crippen LogP contribution is 2.37. The Hall–Kier alpha value is -1.56. The lowest BCUT2D eigenvalue weighted by molar-refractivity contribution is -0.144. The topological polar surface area (TPSA) is 62.3 Å². The van der Waals surface area contributed by atoms with Gasteiger partial charge in [0.15, 0.2) is 0 Å². The smallest absolute Gasteiger partial charge is 0.243 e. The van der Waals surface area contributed by atoms with Gasteiger partial charge in [0, 0.05) is 30.6 Å². The Kier molecular flexibility index (Phi) is 7.16. The van der Waals surface area contributed by atoms with Crippen LogP contribution in [0.4, 0.5) is 0 Å². The molecule has 148 valence electrons. The number of thioether (sulfide) groups is 1. The Balaban J connectivity index is 1.69. The maximum atomic E-state index is 13.3. The van der Waals surface area contributed by atoms with Gasteiger partial charge in [-0.2, -0.15) is 0 Å². The molecule has 27 heavy (non-hydrogen) atoms. The lowest BCUT2D eigenvalue weighted by Gasteiger charge is -2.34. The fourth-order valence-electron chi connectivity index (χ4n) is 4.02. The molecule has 0 radical (unpaired) electrons. The largest absolute Gasteiger partial charge is 0.350 e. The number of nitrogens with zero attached hydrogens (tertiary/aromatic N) is 2. The van der Waals surface area contributed by atoms with E-state index in [1.165, 1.54) is 6.42 Å². The number of hydrogen-bond acceptors (Lipinski definition) is 4. The molecule has 3 rings (SSSR count). The lowest BCUT2D eigenvalue weighted by Crippen LogP contribution is -2.51. The second kappa shape index (κ2) is 9.58. The van der Waals surface area contributed by atoms with Gasteiger partial charge >= 0.3 is 0 Å². The van der Waals surface area contributed by atoms with Crippen LogP contribution in [-0.2, 0) is 16.1 Å². The van der Waals surface area contributed by atoms with Gasteiger partial charge in [-0.3, -0.25) is 14.6 Å². The Morgan fingerprint density at radius 1 is 1.30 bits per heavy atom. The molecule has 0 aromatic carbocycles. The molecule has 1 aromatic heterocycles. The van der Waals surface area contributed by atoms with Gasteiger partial charge in [0.05, 0.1) is 5.37 Å². The average Bonchev–Trinajstić information content (AvgIpc) is 3.10. The predicted molar refractivity (Wildman–Crippen MR) is 109 cm³/mol. The summed E-state index contributed by atoms with van der Waals surface area (Å²) < 4.78 is 0. The van der Waals surface area contributed by atoms with Crippen LogP contribution in [0.2, 0.25) is 0 Å². The third-order valence-corrected chi connectivity index (χ3v) is 6.78. The van der Waals surface area contributed by atoms with Crippen LogP contribution < -0.4 is 5.32 Å². The number of carbonyl (C=O) groups is 2. The van der Waals surface area contributed by atoms with Crippen LogP contribution in [0.25, 0.3) is 0 Å². The summed E-state index contributed by atoms with van der Waals surface area (Å²) in [7, 11) is 0. The first kappa shape index (κ1) is 20.2. The van der Waals surface area contributed by atoms with Crippen molar-refractivity contribution in [1.82, 2.24) is 15.2 Å². The first-order valence-corrected chi connectivity index (χ1v) is 11.2. The van der Waals surface area contributed by atoms with E-state index in [2.05, 4.69) is 24.1 Å². The molecule has 0 bridgehead atoms. The van der Waals surface area contributed by atoms with Gasteiger partial charge in [-0.05, 0) is 36.8 Å². The van der Waals surface area contributed by atoms with Crippen molar-refractivity contribution in [3.63, 3.8) is 0 Å². The lowest BCUT2D eigenvalue weighted by atomic mass is 9.87. The van der Waals surface area contributed by atoms with Gasteiger partial charge in [-0.25, -0.2) is 0 Å². The Bertz CT molecular complexity index is 632. The van der Waals surface area contributed by atoms with E-state index in [9.17, 15) is 9.59 Å². The van der Waals surface area contributed by atoms with E-state index >= 15 is 0 Å². The van der Waals surface area contributed by atoms with Crippen molar-refractivity contribution in [2.24, 2.45) is 11.8 Å². The number of nitrogens with one attached hydrogen (secondary N) is 1. The molecule has 2 aliphatic rings. The Morgan fingerprint density at radius 2 is 2.07 bits per heavy atom. The second-order valence-electron chi connectivity index (χ2n) is 8.09. The van der Waals surface area contributed by atoms with Crippen molar-refractivity contribution in [2.75, 3.05) is 5.75 Å². The van der Waals surface area contributed by atoms with Crippen LogP contribution >= 0.6 is 11.8 Å². The summed E-state index contributed by atoms with van der Waals surface area (Å²) >= 11 is 1.76. The molecule has 1 aromatic rings. The van der Waals surface area contributed by atoms with E-state index < -0.39 is 0 Å². The van der Waals surface area contributed by atoms with Crippen LogP contribution in [-0.4, -0.2) is 38.9 Å². The highest BCUT2D eigenvalue weighted by Gasteiger charge is 2.43. The fourth-order valence-corrected chi connectivity index (χ4v) is 5.66. The summed E-state index contributed by atoms with van der Waals surface area (Å²) in [5.74, 6) is 1.45. The first-order valence-electron chi connectivity index (χ1n) is 10.2. The normalized spacial score (nSPS) is 23.6. The second-order valence-corrected chi connectivity index (χ2v) is 9.30. The molecule has 2 heterocycles. The highest BCUT2D eigenvalue weighted by atomic mass is 32.2. The van der Waals surface area contributed by atoms with E-state index in [0.29, 0.717) is 18.2 Å². The average molecular weight is 390 g/mol. The Morgan fingerprint density at radius 3 is 2.74 bits per heavy atom. The number of pyridine rings is 1. The summed E-state index contributed by atoms with van der Waals surface area (Å²) in [5.41, 5.74) is 0.973. The minimum Gasteiger partial charge on any atom is -0.350 e. The third kappa shape index (κ3) is 5.24. The van der Waals surface area contributed by atoms with Gasteiger partial charge in [-0.15, -0.1) is 11.8 Å². The minimum absolute atomic E-state index is 0.0400. The number of carbonyl (C=O) groups excluding carboxylic acids is 2. The zero-order valence-electron chi connectivity index (χ0n) is 16.4. The molecule has 0 spiro atoms. The van der Waals surface area contributed by atoms with Crippen molar-refractivity contribution in [3.8, 4) is 0 Å². The van der Waals surface area contributed by atoms with Crippen LogP contribution in [0.3, 0.4) is 0 Å². The number of amides is 2. The van der Waals surface area contributed by atoms with Gasteiger partial charge in [0.2, 0.25) is 11.8 Å². The maximum Gasteiger partial charge on any atom is 0.243 e. The molecule has 2 fully saturated rings.